The number of ether oxygens (including phenoxy) is 1. The molecule has 7 aliphatic rings. The highest BCUT2D eigenvalue weighted by Crippen LogP contribution is 2.42. The fourth-order valence-corrected chi connectivity index (χ4v) is 9.22. The van der Waals surface area contributed by atoms with Crippen LogP contribution in [0, 0.1) is 29.1 Å². The first kappa shape index (κ1) is 33.1. The predicted octanol–water partition coefficient (Wildman–Crippen LogP) is 2.35. The van der Waals surface area contributed by atoms with Gasteiger partial charge in [-0.2, -0.15) is 26.3 Å². The lowest BCUT2D eigenvalue weighted by Gasteiger charge is -2.48. The maximum Gasteiger partial charge on any atom is 0.406 e. The summed E-state index contributed by atoms with van der Waals surface area (Å²) in [5, 5.41) is 25.9. The Bertz CT molecular complexity index is 1080. The molecule has 4 heterocycles. The van der Waals surface area contributed by atoms with Crippen molar-refractivity contribution in [3.63, 3.8) is 0 Å². The van der Waals surface area contributed by atoms with Crippen LogP contribution in [0.5, 0.6) is 0 Å². The number of nitrogens with one attached hydrogen (secondary N) is 6. The van der Waals surface area contributed by atoms with Crippen molar-refractivity contribution < 1.29 is 31.1 Å². The van der Waals surface area contributed by atoms with E-state index in [1.165, 1.54) is 4.90 Å². The Hall–Kier alpha value is -1.43. The molecule has 0 spiro atoms. The van der Waals surface area contributed by atoms with Crippen molar-refractivity contribution in [1.82, 2.24) is 41.3 Å². The van der Waals surface area contributed by atoms with E-state index in [0.717, 1.165) is 57.8 Å². The van der Waals surface area contributed by atoms with Gasteiger partial charge in [0.05, 0.1) is 18.4 Å². The first-order valence-electron chi connectivity index (χ1n) is 17.2. The topological polar surface area (TPSA) is 103 Å². The first-order valence-corrected chi connectivity index (χ1v) is 17.2. The van der Waals surface area contributed by atoms with E-state index in [0.29, 0.717) is 25.7 Å². The zero-order valence-corrected chi connectivity index (χ0v) is 26.3. The van der Waals surface area contributed by atoms with Crippen molar-refractivity contribution in [2.24, 2.45) is 23.7 Å². The fourth-order valence-electron chi connectivity index (χ4n) is 9.22. The molecular formula is C30H49F6N9O. The second-order valence-electron chi connectivity index (χ2n) is 14.7. The normalized spacial score (nSPS) is 41.6. The summed E-state index contributed by atoms with van der Waals surface area (Å²) >= 11 is 0. The zero-order valence-electron chi connectivity index (χ0n) is 26.3. The molecule has 4 aliphatic heterocycles. The van der Waals surface area contributed by atoms with Crippen molar-refractivity contribution >= 4 is 5.96 Å². The molecule has 0 aromatic heterocycles. The van der Waals surface area contributed by atoms with Crippen LogP contribution in [0.15, 0.2) is 0 Å². The Morgan fingerprint density at radius 2 is 1.57 bits per heavy atom. The van der Waals surface area contributed by atoms with E-state index in [-0.39, 0.29) is 60.9 Å². The van der Waals surface area contributed by atoms with Crippen molar-refractivity contribution in [2.45, 2.75) is 119 Å². The minimum atomic E-state index is -4.45. The summed E-state index contributed by atoms with van der Waals surface area (Å²) in [4.78, 5) is 5.05. The molecule has 0 bridgehead atoms. The van der Waals surface area contributed by atoms with Crippen LogP contribution in [-0.2, 0) is 4.74 Å². The minimum absolute atomic E-state index is 0.000247. The van der Waals surface area contributed by atoms with E-state index in [2.05, 4.69) is 31.5 Å². The number of hydrogen-bond acceptors (Lipinski definition) is 8. The van der Waals surface area contributed by atoms with Crippen LogP contribution in [-0.4, -0.2) is 122 Å². The molecule has 0 radical (unpaired) electrons. The molecule has 0 aromatic carbocycles. The smallest absolute Gasteiger partial charge is 0.366 e. The average molecular weight is 666 g/mol. The van der Waals surface area contributed by atoms with E-state index >= 15 is 0 Å². The molecule has 262 valence electrons. The van der Waals surface area contributed by atoms with E-state index in [1.807, 2.05) is 4.90 Å². The highest BCUT2D eigenvalue weighted by Gasteiger charge is 2.55. The van der Waals surface area contributed by atoms with Gasteiger partial charge in [-0.15, -0.1) is 0 Å². The van der Waals surface area contributed by atoms with E-state index < -0.39 is 37.1 Å². The molecule has 6 N–H and O–H groups in total. The van der Waals surface area contributed by atoms with E-state index in [9.17, 15) is 26.3 Å². The van der Waals surface area contributed by atoms with Gasteiger partial charge in [-0.1, -0.05) is 6.42 Å². The van der Waals surface area contributed by atoms with E-state index in [1.54, 1.807) is 7.11 Å². The molecule has 4 saturated heterocycles. The van der Waals surface area contributed by atoms with Gasteiger partial charge in [0, 0.05) is 51.4 Å². The number of methoxy groups -OCH3 is 1. The average Bonchev–Trinajstić information content (AvgIpc) is 3.69. The van der Waals surface area contributed by atoms with Crippen molar-refractivity contribution in [3.8, 4) is 0 Å². The first-order chi connectivity index (χ1) is 21.9. The highest BCUT2D eigenvalue weighted by molar-refractivity contribution is 5.80. The molecule has 3 saturated carbocycles. The van der Waals surface area contributed by atoms with Crippen molar-refractivity contribution in [2.75, 3.05) is 40.0 Å². The van der Waals surface area contributed by atoms with Gasteiger partial charge in [0.2, 0.25) is 0 Å². The summed E-state index contributed by atoms with van der Waals surface area (Å²) < 4.78 is 88.1. The molecule has 16 heteroatoms. The summed E-state index contributed by atoms with van der Waals surface area (Å²) in [7, 11) is 1.67. The Balaban J connectivity index is 1.04. The Kier molecular flexibility index (Phi) is 9.20. The number of rotatable bonds is 8. The van der Waals surface area contributed by atoms with Crippen molar-refractivity contribution in [3.05, 3.63) is 0 Å². The van der Waals surface area contributed by atoms with Gasteiger partial charge in [0.1, 0.15) is 25.0 Å². The molecule has 10 nitrogen and oxygen atoms in total. The number of fused-ring (bicyclic) bond motifs is 1. The van der Waals surface area contributed by atoms with Crippen LogP contribution < -0.4 is 26.6 Å². The molecule has 7 fully saturated rings. The summed E-state index contributed by atoms with van der Waals surface area (Å²) in [6.07, 6.45) is -1.72. The van der Waals surface area contributed by atoms with Gasteiger partial charge in [0.15, 0.2) is 5.96 Å². The maximum atomic E-state index is 13.7. The summed E-state index contributed by atoms with van der Waals surface area (Å²) in [5.74, 6) is 0.636. The second kappa shape index (κ2) is 12.8. The third-order valence-electron chi connectivity index (χ3n) is 11.9. The Morgan fingerprint density at radius 3 is 2.17 bits per heavy atom. The molecule has 8 unspecified atom stereocenters. The summed E-state index contributed by atoms with van der Waals surface area (Å²) in [6, 6.07) is -1.67. The van der Waals surface area contributed by atoms with Gasteiger partial charge < -0.3 is 19.9 Å². The second-order valence-corrected chi connectivity index (χ2v) is 14.7. The number of alkyl halides is 6. The Labute approximate surface area is 266 Å². The standard InChI is InChI=1S/C30H49F6N9O/c1-46-27-22(23(17-9-10-17)39-15-40-27)24-38-11-20-26(42-24)44(28(37)45(20)14-29(31,32)33)12-16-5-7-18(8-6-16)25-41-21(30(34,35)36)13-43(25)19-3-2-4-19/h16-27,37-42H,2-15H2,1H3. The highest BCUT2D eigenvalue weighted by atomic mass is 19.4. The lowest BCUT2D eigenvalue weighted by Crippen LogP contribution is -2.73. The molecule has 8 atom stereocenters. The molecule has 7 rings (SSSR count). The van der Waals surface area contributed by atoms with E-state index in [4.69, 9.17) is 10.1 Å². The predicted molar refractivity (Wildman–Crippen MR) is 158 cm³/mol. The van der Waals surface area contributed by atoms with Gasteiger partial charge in [-0.3, -0.25) is 31.6 Å². The van der Waals surface area contributed by atoms with Crippen LogP contribution in [0.25, 0.3) is 0 Å². The summed E-state index contributed by atoms with van der Waals surface area (Å²) in [6.45, 7) is 0.184. The van der Waals surface area contributed by atoms with Gasteiger partial charge in [0.25, 0.3) is 0 Å². The number of hydrogen-bond donors (Lipinski definition) is 6. The fraction of sp³-hybridized carbons (Fsp3) is 0.967. The van der Waals surface area contributed by atoms with Crippen molar-refractivity contribution in [1.29, 1.82) is 5.41 Å². The van der Waals surface area contributed by atoms with Gasteiger partial charge in [-0.25, -0.2) is 0 Å². The van der Waals surface area contributed by atoms with Crippen LogP contribution in [0.2, 0.25) is 0 Å². The zero-order chi connectivity index (χ0) is 32.4. The third-order valence-corrected chi connectivity index (χ3v) is 11.9. The van der Waals surface area contributed by atoms with Gasteiger partial charge in [-0.05, 0) is 69.1 Å². The largest absolute Gasteiger partial charge is 0.406 e. The van der Waals surface area contributed by atoms with Crippen LogP contribution in [0.3, 0.4) is 0 Å². The molecule has 0 aromatic rings. The molecule has 46 heavy (non-hydrogen) atoms. The Morgan fingerprint density at radius 1 is 0.848 bits per heavy atom. The number of nitrogens with zero attached hydrogens (tertiary/aromatic N) is 3. The molecule has 3 aliphatic carbocycles. The lowest BCUT2D eigenvalue weighted by atomic mass is 9.79. The molecule has 0 amide bonds. The quantitative estimate of drug-likeness (QED) is 0.218. The van der Waals surface area contributed by atoms with Gasteiger partial charge >= 0.3 is 12.4 Å². The van der Waals surface area contributed by atoms with Crippen LogP contribution >= 0.6 is 0 Å². The lowest BCUT2D eigenvalue weighted by molar-refractivity contribution is -0.151. The molecular weight excluding hydrogens is 616 g/mol. The monoisotopic (exact) mass is 665 g/mol. The third kappa shape index (κ3) is 6.60. The number of guanidine groups is 1. The minimum Gasteiger partial charge on any atom is -0.366 e. The summed E-state index contributed by atoms with van der Waals surface area (Å²) in [5.41, 5.74) is 0. The SMILES string of the molecule is COC1NCNC(C2CC2)C1C1NCC2C(N1)N(CC1CCC(C3NC(C(F)(F)F)CN3C3CCC3)CC1)C(=N)N2CC(F)(F)F. The number of halogens is 6. The van der Waals surface area contributed by atoms with Crippen LogP contribution in [0.1, 0.15) is 57.8 Å². The maximum absolute atomic E-state index is 13.7. The van der Waals surface area contributed by atoms with Crippen LogP contribution in [0.4, 0.5) is 26.3 Å².